The van der Waals surface area contributed by atoms with E-state index in [-0.39, 0.29) is 5.56 Å². The molecule has 5 aromatic rings. The number of nitrogens with zero attached hydrogens (tertiary/aromatic N) is 3. The lowest BCUT2D eigenvalue weighted by Gasteiger charge is -1.94. The lowest BCUT2D eigenvalue weighted by Crippen LogP contribution is -2.23. The van der Waals surface area contributed by atoms with Gasteiger partial charge in [-0.25, -0.2) is 0 Å². The van der Waals surface area contributed by atoms with Gasteiger partial charge in [0.15, 0.2) is 5.82 Å². The molecule has 0 aliphatic heterocycles. The van der Waals surface area contributed by atoms with Gasteiger partial charge in [0.1, 0.15) is 16.1 Å². The topological polar surface area (TPSA) is 60.4 Å². The maximum Gasteiger partial charge on any atom is 0.291 e. The average molecular weight is 371 g/mol. The summed E-state index contributed by atoms with van der Waals surface area (Å²) in [7, 11) is 0. The molecule has 0 bridgehead atoms. The molecule has 27 heavy (non-hydrogen) atoms. The van der Waals surface area contributed by atoms with Crippen LogP contribution in [0.3, 0.4) is 0 Å². The Kier molecular flexibility index (Phi) is 3.69. The van der Waals surface area contributed by atoms with Crippen molar-refractivity contribution >= 4 is 22.4 Å². The SMILES string of the molecule is O=c1/c(=C\c2ccc(-c3ccccc3)o2)sc2nc(-c3ccccc3)nn12. The number of furan rings is 1. The molecule has 130 valence electrons. The molecule has 0 radical (unpaired) electrons. The molecule has 0 amide bonds. The van der Waals surface area contributed by atoms with Crippen LogP contribution in [0.2, 0.25) is 0 Å². The van der Waals surface area contributed by atoms with Gasteiger partial charge in [-0.3, -0.25) is 4.79 Å². The predicted octanol–water partition coefficient (Wildman–Crippen LogP) is 3.63. The quantitative estimate of drug-likeness (QED) is 0.486. The van der Waals surface area contributed by atoms with Crippen molar-refractivity contribution in [3.05, 3.63) is 93.4 Å². The molecule has 3 heterocycles. The predicted molar refractivity (Wildman–Crippen MR) is 105 cm³/mol. The summed E-state index contributed by atoms with van der Waals surface area (Å²) in [5.74, 6) is 1.94. The van der Waals surface area contributed by atoms with Crippen molar-refractivity contribution in [2.75, 3.05) is 0 Å². The molecular weight excluding hydrogens is 358 g/mol. The summed E-state index contributed by atoms with van der Waals surface area (Å²) in [5, 5.41) is 4.35. The van der Waals surface area contributed by atoms with E-state index < -0.39 is 0 Å². The smallest absolute Gasteiger partial charge is 0.291 e. The highest BCUT2D eigenvalue weighted by molar-refractivity contribution is 7.15. The minimum Gasteiger partial charge on any atom is -0.457 e. The molecule has 0 spiro atoms. The first-order valence-corrected chi connectivity index (χ1v) is 9.21. The molecule has 5 nitrogen and oxygen atoms in total. The Labute approximate surface area is 157 Å². The standard InChI is InChI=1S/C21H13N3O2S/c25-20-18(13-16-11-12-17(26-16)14-7-3-1-4-8-14)27-21-22-19(23-24(20)21)15-9-5-2-6-10-15/h1-13H/b18-13+. The third-order valence-electron chi connectivity index (χ3n) is 4.17. The summed E-state index contributed by atoms with van der Waals surface area (Å²) >= 11 is 1.30. The molecule has 0 N–H and O–H groups in total. The normalized spacial score (nSPS) is 12.1. The Bertz CT molecular complexity index is 1330. The number of thiazole rings is 1. The van der Waals surface area contributed by atoms with E-state index in [4.69, 9.17) is 4.42 Å². The van der Waals surface area contributed by atoms with Crippen molar-refractivity contribution in [3.8, 4) is 22.7 Å². The zero-order chi connectivity index (χ0) is 18.2. The Morgan fingerprint density at radius 3 is 2.30 bits per heavy atom. The van der Waals surface area contributed by atoms with Crippen LogP contribution < -0.4 is 10.1 Å². The fourth-order valence-corrected chi connectivity index (χ4v) is 3.75. The van der Waals surface area contributed by atoms with Crippen molar-refractivity contribution < 1.29 is 4.42 Å². The Hall–Kier alpha value is -3.51. The molecule has 0 unspecified atom stereocenters. The van der Waals surface area contributed by atoms with Gasteiger partial charge in [-0.05, 0) is 12.1 Å². The minimum absolute atomic E-state index is 0.192. The van der Waals surface area contributed by atoms with E-state index in [0.29, 0.717) is 21.1 Å². The average Bonchev–Trinajstić information content (AvgIpc) is 3.41. The molecule has 0 saturated heterocycles. The van der Waals surface area contributed by atoms with Crippen LogP contribution >= 0.6 is 11.3 Å². The summed E-state index contributed by atoms with van der Waals surface area (Å²) in [4.78, 5) is 17.7. The second-order valence-corrected chi connectivity index (χ2v) is 6.99. The number of hydrogen-bond acceptors (Lipinski definition) is 5. The summed E-state index contributed by atoms with van der Waals surface area (Å²) in [5.41, 5.74) is 1.69. The van der Waals surface area contributed by atoms with E-state index in [9.17, 15) is 4.79 Å². The van der Waals surface area contributed by atoms with Gasteiger partial charge in [0.2, 0.25) is 4.96 Å². The minimum atomic E-state index is -0.192. The fourth-order valence-electron chi connectivity index (χ4n) is 2.86. The lowest BCUT2D eigenvalue weighted by atomic mass is 10.2. The van der Waals surface area contributed by atoms with Gasteiger partial charge >= 0.3 is 0 Å². The molecular formula is C21H13N3O2S. The summed E-state index contributed by atoms with van der Waals surface area (Å²) < 4.78 is 7.74. The Morgan fingerprint density at radius 1 is 0.889 bits per heavy atom. The fraction of sp³-hybridized carbons (Fsp3) is 0. The first kappa shape index (κ1) is 15.7. The van der Waals surface area contributed by atoms with E-state index in [1.54, 1.807) is 6.08 Å². The van der Waals surface area contributed by atoms with Crippen molar-refractivity contribution in [2.24, 2.45) is 0 Å². The molecule has 5 rings (SSSR count). The molecule has 0 aliphatic rings. The molecule has 6 heteroatoms. The van der Waals surface area contributed by atoms with Crippen LogP contribution in [0.5, 0.6) is 0 Å². The van der Waals surface area contributed by atoms with Gasteiger partial charge in [-0.2, -0.15) is 9.50 Å². The highest BCUT2D eigenvalue weighted by Crippen LogP contribution is 2.22. The Balaban J connectivity index is 1.54. The van der Waals surface area contributed by atoms with E-state index in [0.717, 1.165) is 16.9 Å². The van der Waals surface area contributed by atoms with Crippen LogP contribution in [0.15, 0.2) is 82.0 Å². The van der Waals surface area contributed by atoms with Crippen LogP contribution in [0.25, 0.3) is 33.7 Å². The van der Waals surface area contributed by atoms with Crippen molar-refractivity contribution in [3.63, 3.8) is 0 Å². The van der Waals surface area contributed by atoms with Crippen LogP contribution in [0.4, 0.5) is 0 Å². The van der Waals surface area contributed by atoms with Crippen molar-refractivity contribution in [2.45, 2.75) is 0 Å². The van der Waals surface area contributed by atoms with Crippen LogP contribution in [-0.2, 0) is 0 Å². The molecule has 0 aliphatic carbocycles. The first-order valence-electron chi connectivity index (χ1n) is 8.40. The molecule has 0 fully saturated rings. The summed E-state index contributed by atoms with van der Waals surface area (Å²) in [6.07, 6.45) is 1.73. The third-order valence-corrected chi connectivity index (χ3v) is 5.13. The van der Waals surface area contributed by atoms with E-state index in [1.165, 1.54) is 15.9 Å². The largest absolute Gasteiger partial charge is 0.457 e. The lowest BCUT2D eigenvalue weighted by molar-refractivity contribution is 0.571. The van der Waals surface area contributed by atoms with Gasteiger partial charge in [0, 0.05) is 17.2 Å². The first-order chi connectivity index (χ1) is 13.3. The summed E-state index contributed by atoms with van der Waals surface area (Å²) in [6.45, 7) is 0. The second-order valence-electron chi connectivity index (χ2n) is 5.98. The summed E-state index contributed by atoms with van der Waals surface area (Å²) in [6, 6.07) is 23.2. The highest BCUT2D eigenvalue weighted by atomic mass is 32.1. The zero-order valence-electron chi connectivity index (χ0n) is 14.1. The van der Waals surface area contributed by atoms with Crippen LogP contribution in [0, 0.1) is 0 Å². The van der Waals surface area contributed by atoms with Gasteiger partial charge in [0.25, 0.3) is 5.56 Å². The highest BCUT2D eigenvalue weighted by Gasteiger charge is 2.12. The monoisotopic (exact) mass is 371 g/mol. The van der Waals surface area contributed by atoms with E-state index in [1.807, 2.05) is 72.8 Å². The number of rotatable bonds is 3. The van der Waals surface area contributed by atoms with Crippen molar-refractivity contribution in [1.29, 1.82) is 0 Å². The Morgan fingerprint density at radius 2 is 1.59 bits per heavy atom. The maximum absolute atomic E-state index is 12.7. The third kappa shape index (κ3) is 2.86. The van der Waals surface area contributed by atoms with E-state index in [2.05, 4.69) is 10.1 Å². The van der Waals surface area contributed by atoms with Gasteiger partial charge in [-0.1, -0.05) is 72.0 Å². The maximum atomic E-state index is 12.7. The zero-order valence-corrected chi connectivity index (χ0v) is 14.9. The molecule has 0 atom stereocenters. The van der Waals surface area contributed by atoms with E-state index >= 15 is 0 Å². The molecule has 0 saturated carbocycles. The number of benzene rings is 2. The number of fused-ring (bicyclic) bond motifs is 1. The molecule has 2 aromatic carbocycles. The van der Waals surface area contributed by atoms with Gasteiger partial charge < -0.3 is 4.42 Å². The van der Waals surface area contributed by atoms with Crippen molar-refractivity contribution in [1.82, 2.24) is 14.6 Å². The van der Waals surface area contributed by atoms with Crippen LogP contribution in [0.1, 0.15) is 5.76 Å². The van der Waals surface area contributed by atoms with Gasteiger partial charge in [-0.15, -0.1) is 5.10 Å². The second kappa shape index (κ2) is 6.34. The molecule has 3 aromatic heterocycles. The van der Waals surface area contributed by atoms with Crippen LogP contribution in [-0.4, -0.2) is 14.6 Å². The number of aromatic nitrogens is 3. The van der Waals surface area contributed by atoms with Gasteiger partial charge in [0.05, 0.1) is 0 Å². The number of hydrogen-bond donors (Lipinski definition) is 0.